The molecule has 0 spiro atoms. The van der Waals surface area contributed by atoms with Crippen LogP contribution in [0.15, 0.2) is 18.2 Å². The van der Waals surface area contributed by atoms with Crippen LogP contribution in [0.5, 0.6) is 0 Å². The Morgan fingerprint density at radius 2 is 2.00 bits per heavy atom. The van der Waals surface area contributed by atoms with Crippen molar-refractivity contribution in [1.82, 2.24) is 0 Å². The number of carbonyl (C=O) groups is 1. The van der Waals surface area contributed by atoms with Crippen molar-refractivity contribution in [3.63, 3.8) is 0 Å². The highest BCUT2D eigenvalue weighted by Gasteiger charge is 2.05. The Morgan fingerprint density at radius 1 is 1.27 bits per heavy atom. The van der Waals surface area contributed by atoms with Gasteiger partial charge in [-0.15, -0.1) is 0 Å². The highest BCUT2D eigenvalue weighted by molar-refractivity contribution is 5.81. The third-order valence-electron chi connectivity index (χ3n) is 2.70. The van der Waals surface area contributed by atoms with Crippen LogP contribution in [0.1, 0.15) is 42.9 Å². The van der Waals surface area contributed by atoms with Crippen LogP contribution in [0.3, 0.4) is 0 Å². The lowest BCUT2D eigenvalue weighted by Crippen LogP contribution is -2.04. The van der Waals surface area contributed by atoms with E-state index in [1.807, 2.05) is 0 Å². The monoisotopic (exact) mass is 204 g/mol. The summed E-state index contributed by atoms with van der Waals surface area (Å²) in [5.74, 6) is 0.366. The molecule has 1 heteroatoms. The molecule has 0 fully saturated rings. The number of Topliss-reactive ketones (excluding diaryl/α,β-unsaturated/α-hetero) is 1. The van der Waals surface area contributed by atoms with Gasteiger partial charge in [0.2, 0.25) is 0 Å². The van der Waals surface area contributed by atoms with Crippen molar-refractivity contribution in [2.45, 2.75) is 46.5 Å². The number of benzene rings is 1. The molecule has 1 rings (SSSR count). The van der Waals surface area contributed by atoms with Gasteiger partial charge in [-0.05, 0) is 31.4 Å². The van der Waals surface area contributed by atoms with Gasteiger partial charge in [-0.3, -0.25) is 4.79 Å². The molecule has 15 heavy (non-hydrogen) atoms. The molecule has 0 aliphatic heterocycles. The van der Waals surface area contributed by atoms with E-state index in [2.05, 4.69) is 39.0 Å². The molecule has 0 heterocycles. The topological polar surface area (TPSA) is 17.1 Å². The summed E-state index contributed by atoms with van der Waals surface area (Å²) >= 11 is 0. The Bertz CT molecular complexity index is 339. The molecule has 1 aromatic carbocycles. The Labute approximate surface area is 92.5 Å². The fourth-order valence-corrected chi connectivity index (χ4v) is 1.67. The standard InChI is InChI=1S/C14H20O/c1-4-5-6-14(15)10-13-9-11(2)7-8-12(13)3/h7-9H,4-6,10H2,1-3H3. The van der Waals surface area contributed by atoms with E-state index in [0.717, 1.165) is 19.3 Å². The first kappa shape index (κ1) is 12.0. The molecule has 0 N–H and O–H groups in total. The van der Waals surface area contributed by atoms with Gasteiger partial charge in [-0.1, -0.05) is 37.1 Å². The zero-order chi connectivity index (χ0) is 11.3. The number of carbonyl (C=O) groups excluding carboxylic acids is 1. The van der Waals surface area contributed by atoms with Gasteiger partial charge in [0.1, 0.15) is 5.78 Å². The molecule has 0 amide bonds. The molecule has 1 aromatic rings. The molecule has 0 radical (unpaired) electrons. The van der Waals surface area contributed by atoms with Gasteiger partial charge >= 0.3 is 0 Å². The van der Waals surface area contributed by atoms with Gasteiger partial charge in [-0.2, -0.15) is 0 Å². The van der Waals surface area contributed by atoms with Crippen LogP contribution in [0, 0.1) is 13.8 Å². The van der Waals surface area contributed by atoms with Crippen molar-refractivity contribution in [1.29, 1.82) is 0 Å². The third kappa shape index (κ3) is 3.86. The molecular formula is C14H20O. The minimum absolute atomic E-state index is 0.366. The maximum atomic E-state index is 11.6. The van der Waals surface area contributed by atoms with E-state index in [-0.39, 0.29) is 0 Å². The quantitative estimate of drug-likeness (QED) is 0.716. The predicted molar refractivity (Wildman–Crippen MR) is 64.2 cm³/mol. The van der Waals surface area contributed by atoms with Crippen LogP contribution in [-0.2, 0) is 11.2 Å². The van der Waals surface area contributed by atoms with Crippen LogP contribution in [0.4, 0.5) is 0 Å². The minimum atomic E-state index is 0.366. The van der Waals surface area contributed by atoms with Gasteiger partial charge in [0.15, 0.2) is 0 Å². The first-order chi connectivity index (χ1) is 7.13. The van der Waals surface area contributed by atoms with Crippen molar-refractivity contribution in [3.05, 3.63) is 34.9 Å². The molecule has 0 aromatic heterocycles. The van der Waals surface area contributed by atoms with Crippen LogP contribution < -0.4 is 0 Å². The van der Waals surface area contributed by atoms with Gasteiger partial charge in [0.25, 0.3) is 0 Å². The number of ketones is 1. The highest BCUT2D eigenvalue weighted by atomic mass is 16.1. The predicted octanol–water partition coefficient (Wildman–Crippen LogP) is 3.61. The molecule has 0 unspecified atom stereocenters. The Morgan fingerprint density at radius 3 is 2.67 bits per heavy atom. The van der Waals surface area contributed by atoms with E-state index in [1.54, 1.807) is 0 Å². The Balaban J connectivity index is 2.63. The van der Waals surface area contributed by atoms with Crippen molar-refractivity contribution in [2.24, 2.45) is 0 Å². The van der Waals surface area contributed by atoms with E-state index in [1.165, 1.54) is 16.7 Å². The fraction of sp³-hybridized carbons (Fsp3) is 0.500. The molecule has 82 valence electrons. The van der Waals surface area contributed by atoms with Crippen LogP contribution >= 0.6 is 0 Å². The second kappa shape index (κ2) is 5.69. The SMILES string of the molecule is CCCCC(=O)Cc1cc(C)ccc1C. The summed E-state index contributed by atoms with van der Waals surface area (Å²) in [6.07, 6.45) is 3.44. The number of hydrogen-bond donors (Lipinski definition) is 0. The summed E-state index contributed by atoms with van der Waals surface area (Å²) in [7, 11) is 0. The largest absolute Gasteiger partial charge is 0.299 e. The average Bonchev–Trinajstić information content (AvgIpc) is 2.20. The van der Waals surface area contributed by atoms with E-state index < -0.39 is 0 Å². The van der Waals surface area contributed by atoms with Gasteiger partial charge in [0.05, 0.1) is 0 Å². The average molecular weight is 204 g/mol. The molecule has 0 saturated carbocycles. The number of hydrogen-bond acceptors (Lipinski definition) is 1. The number of unbranched alkanes of at least 4 members (excludes halogenated alkanes) is 1. The van der Waals surface area contributed by atoms with E-state index in [9.17, 15) is 4.79 Å². The molecule has 0 bridgehead atoms. The number of rotatable bonds is 5. The van der Waals surface area contributed by atoms with Gasteiger partial charge in [-0.25, -0.2) is 0 Å². The van der Waals surface area contributed by atoms with E-state index in [4.69, 9.17) is 0 Å². The highest BCUT2D eigenvalue weighted by Crippen LogP contribution is 2.12. The van der Waals surface area contributed by atoms with Crippen molar-refractivity contribution >= 4 is 5.78 Å². The molecular weight excluding hydrogens is 184 g/mol. The zero-order valence-corrected chi connectivity index (χ0v) is 9.97. The van der Waals surface area contributed by atoms with Crippen LogP contribution in [0.25, 0.3) is 0 Å². The summed E-state index contributed by atoms with van der Waals surface area (Å²) in [6, 6.07) is 6.31. The van der Waals surface area contributed by atoms with E-state index in [0.29, 0.717) is 12.2 Å². The molecule has 0 aliphatic carbocycles. The molecule has 0 saturated heterocycles. The van der Waals surface area contributed by atoms with Gasteiger partial charge < -0.3 is 0 Å². The van der Waals surface area contributed by atoms with E-state index >= 15 is 0 Å². The summed E-state index contributed by atoms with van der Waals surface area (Å²) in [4.78, 5) is 11.6. The first-order valence-electron chi connectivity index (χ1n) is 5.71. The minimum Gasteiger partial charge on any atom is -0.299 e. The Hall–Kier alpha value is -1.11. The maximum Gasteiger partial charge on any atom is 0.137 e. The fourth-order valence-electron chi connectivity index (χ4n) is 1.67. The molecule has 1 nitrogen and oxygen atoms in total. The van der Waals surface area contributed by atoms with Crippen LogP contribution in [0.2, 0.25) is 0 Å². The summed E-state index contributed by atoms with van der Waals surface area (Å²) in [5, 5.41) is 0. The lowest BCUT2D eigenvalue weighted by atomic mass is 9.99. The first-order valence-corrected chi connectivity index (χ1v) is 5.71. The lowest BCUT2D eigenvalue weighted by molar-refractivity contribution is -0.118. The lowest BCUT2D eigenvalue weighted by Gasteiger charge is -2.06. The number of aryl methyl sites for hydroxylation is 2. The van der Waals surface area contributed by atoms with Gasteiger partial charge in [0, 0.05) is 12.8 Å². The second-order valence-corrected chi connectivity index (χ2v) is 4.25. The van der Waals surface area contributed by atoms with Crippen molar-refractivity contribution < 1.29 is 4.79 Å². The zero-order valence-electron chi connectivity index (χ0n) is 9.97. The normalized spacial score (nSPS) is 10.3. The third-order valence-corrected chi connectivity index (χ3v) is 2.70. The van der Waals surface area contributed by atoms with Crippen molar-refractivity contribution in [3.8, 4) is 0 Å². The van der Waals surface area contributed by atoms with Crippen molar-refractivity contribution in [2.75, 3.05) is 0 Å². The summed E-state index contributed by atoms with van der Waals surface area (Å²) in [5.41, 5.74) is 3.65. The second-order valence-electron chi connectivity index (χ2n) is 4.25. The maximum absolute atomic E-state index is 11.6. The molecule has 0 aliphatic rings. The van der Waals surface area contributed by atoms with Crippen LogP contribution in [-0.4, -0.2) is 5.78 Å². The smallest absolute Gasteiger partial charge is 0.137 e. The summed E-state index contributed by atoms with van der Waals surface area (Å²) in [6.45, 7) is 6.26. The Kier molecular flexibility index (Phi) is 4.54. The molecule has 0 atom stereocenters. The summed E-state index contributed by atoms with van der Waals surface area (Å²) < 4.78 is 0.